The Kier molecular flexibility index (Phi) is 4.24. The van der Waals surface area contributed by atoms with E-state index in [0.29, 0.717) is 0 Å². The summed E-state index contributed by atoms with van der Waals surface area (Å²) in [7, 11) is 0. The van der Waals surface area contributed by atoms with Gasteiger partial charge in [-0.15, -0.1) is 0 Å². The summed E-state index contributed by atoms with van der Waals surface area (Å²) >= 11 is 0. The Morgan fingerprint density at radius 2 is 1.25 bits per heavy atom. The Labute approximate surface area is 143 Å². The molecule has 24 heavy (non-hydrogen) atoms. The van der Waals surface area contributed by atoms with Gasteiger partial charge < -0.3 is 14.7 Å². The first-order valence-corrected chi connectivity index (χ1v) is 8.95. The molecule has 0 atom stereocenters. The zero-order valence-corrected chi connectivity index (χ0v) is 14.4. The fourth-order valence-corrected chi connectivity index (χ4v) is 3.64. The van der Waals surface area contributed by atoms with Crippen molar-refractivity contribution in [1.82, 2.24) is 9.97 Å². The van der Waals surface area contributed by atoms with Gasteiger partial charge in [-0.3, -0.25) is 0 Å². The lowest BCUT2D eigenvalue weighted by atomic mass is 10.2. The predicted octanol–water partition coefficient (Wildman–Crippen LogP) is 2.71. The van der Waals surface area contributed by atoms with E-state index in [2.05, 4.69) is 56.1 Å². The van der Waals surface area contributed by atoms with Crippen LogP contribution in [-0.2, 0) is 0 Å². The van der Waals surface area contributed by atoms with Crippen LogP contribution in [0.1, 0.15) is 18.7 Å². The first-order chi connectivity index (χ1) is 11.8. The van der Waals surface area contributed by atoms with Gasteiger partial charge in [0, 0.05) is 51.0 Å². The fourth-order valence-electron chi connectivity index (χ4n) is 3.64. The molecule has 2 saturated heterocycles. The van der Waals surface area contributed by atoms with E-state index < -0.39 is 0 Å². The SMILES string of the molecule is Cc1nc(N2CCCC2)cc(N2CCN(c3ccccc3)CC2)n1. The molecule has 4 rings (SSSR count). The van der Waals surface area contributed by atoms with E-state index in [0.717, 1.165) is 56.7 Å². The van der Waals surface area contributed by atoms with Gasteiger partial charge in [0.1, 0.15) is 17.5 Å². The number of piperazine rings is 1. The second-order valence-corrected chi connectivity index (χ2v) is 6.64. The summed E-state index contributed by atoms with van der Waals surface area (Å²) in [5, 5.41) is 0. The molecule has 0 aliphatic carbocycles. The number of rotatable bonds is 3. The largest absolute Gasteiger partial charge is 0.368 e. The average Bonchev–Trinajstić information content (AvgIpc) is 3.17. The number of aryl methyl sites for hydroxylation is 1. The number of aromatic nitrogens is 2. The number of hydrogen-bond donors (Lipinski definition) is 0. The molecule has 0 N–H and O–H groups in total. The van der Waals surface area contributed by atoms with E-state index in [1.165, 1.54) is 18.5 Å². The molecule has 0 unspecified atom stereocenters. The average molecular weight is 323 g/mol. The number of para-hydroxylation sites is 1. The van der Waals surface area contributed by atoms with Crippen LogP contribution in [0.3, 0.4) is 0 Å². The summed E-state index contributed by atoms with van der Waals surface area (Å²) in [5.41, 5.74) is 1.31. The molecule has 1 aromatic carbocycles. The Bertz CT molecular complexity index is 673. The molecule has 2 fully saturated rings. The Morgan fingerprint density at radius 1 is 0.708 bits per heavy atom. The van der Waals surface area contributed by atoms with Gasteiger partial charge >= 0.3 is 0 Å². The van der Waals surface area contributed by atoms with Crippen LogP contribution in [0.15, 0.2) is 36.4 Å². The number of anilines is 3. The van der Waals surface area contributed by atoms with Gasteiger partial charge in [0.2, 0.25) is 0 Å². The van der Waals surface area contributed by atoms with Crippen molar-refractivity contribution in [1.29, 1.82) is 0 Å². The lowest BCUT2D eigenvalue weighted by Crippen LogP contribution is -2.47. The summed E-state index contributed by atoms with van der Waals surface area (Å²) in [5.74, 6) is 3.05. The van der Waals surface area contributed by atoms with Crippen molar-refractivity contribution >= 4 is 17.3 Å². The monoisotopic (exact) mass is 323 g/mol. The third-order valence-electron chi connectivity index (χ3n) is 4.97. The van der Waals surface area contributed by atoms with Crippen molar-refractivity contribution in [3.63, 3.8) is 0 Å². The Balaban J connectivity index is 1.47. The van der Waals surface area contributed by atoms with E-state index in [4.69, 9.17) is 4.98 Å². The van der Waals surface area contributed by atoms with E-state index in [-0.39, 0.29) is 0 Å². The zero-order chi connectivity index (χ0) is 16.4. The maximum atomic E-state index is 4.70. The lowest BCUT2D eigenvalue weighted by molar-refractivity contribution is 0.645. The fraction of sp³-hybridized carbons (Fsp3) is 0.474. The molecular weight excluding hydrogens is 298 g/mol. The molecule has 2 aliphatic heterocycles. The zero-order valence-electron chi connectivity index (χ0n) is 14.4. The van der Waals surface area contributed by atoms with Crippen LogP contribution in [0.25, 0.3) is 0 Å². The molecule has 0 amide bonds. The summed E-state index contributed by atoms with van der Waals surface area (Å²) in [6.07, 6.45) is 2.54. The van der Waals surface area contributed by atoms with E-state index in [1.807, 2.05) is 6.92 Å². The highest BCUT2D eigenvalue weighted by Gasteiger charge is 2.21. The highest BCUT2D eigenvalue weighted by Crippen LogP contribution is 2.24. The van der Waals surface area contributed by atoms with E-state index >= 15 is 0 Å². The first kappa shape index (κ1) is 15.2. The molecule has 0 bridgehead atoms. The molecule has 5 nitrogen and oxygen atoms in total. The van der Waals surface area contributed by atoms with Gasteiger partial charge in [0.15, 0.2) is 0 Å². The second-order valence-electron chi connectivity index (χ2n) is 6.64. The van der Waals surface area contributed by atoms with Crippen molar-refractivity contribution in [2.24, 2.45) is 0 Å². The van der Waals surface area contributed by atoms with Crippen LogP contribution in [0, 0.1) is 6.92 Å². The molecule has 5 heteroatoms. The van der Waals surface area contributed by atoms with Gasteiger partial charge in [-0.1, -0.05) is 18.2 Å². The minimum Gasteiger partial charge on any atom is -0.368 e. The summed E-state index contributed by atoms with van der Waals surface area (Å²) in [6, 6.07) is 12.8. The molecule has 2 aliphatic rings. The van der Waals surface area contributed by atoms with Crippen molar-refractivity contribution in [3.05, 3.63) is 42.2 Å². The highest BCUT2D eigenvalue weighted by molar-refractivity contribution is 5.54. The number of nitrogens with zero attached hydrogens (tertiary/aromatic N) is 5. The molecule has 1 aromatic heterocycles. The molecule has 0 saturated carbocycles. The van der Waals surface area contributed by atoms with Crippen LogP contribution in [0.4, 0.5) is 17.3 Å². The molecule has 3 heterocycles. The lowest BCUT2D eigenvalue weighted by Gasteiger charge is -2.37. The van der Waals surface area contributed by atoms with Crippen LogP contribution >= 0.6 is 0 Å². The predicted molar refractivity (Wildman–Crippen MR) is 99.1 cm³/mol. The van der Waals surface area contributed by atoms with Gasteiger partial charge in [0.05, 0.1) is 0 Å². The summed E-state index contributed by atoms with van der Waals surface area (Å²) in [6.45, 7) is 8.33. The smallest absolute Gasteiger partial charge is 0.134 e. The van der Waals surface area contributed by atoms with Gasteiger partial charge in [-0.2, -0.15) is 0 Å². The maximum Gasteiger partial charge on any atom is 0.134 e. The minimum absolute atomic E-state index is 0.875. The highest BCUT2D eigenvalue weighted by atomic mass is 15.3. The van der Waals surface area contributed by atoms with Crippen molar-refractivity contribution < 1.29 is 0 Å². The number of hydrogen-bond acceptors (Lipinski definition) is 5. The van der Waals surface area contributed by atoms with E-state index in [1.54, 1.807) is 0 Å². The van der Waals surface area contributed by atoms with Crippen molar-refractivity contribution in [2.45, 2.75) is 19.8 Å². The number of benzene rings is 1. The molecule has 0 spiro atoms. The van der Waals surface area contributed by atoms with Crippen LogP contribution < -0.4 is 14.7 Å². The minimum atomic E-state index is 0.875. The quantitative estimate of drug-likeness (QED) is 0.868. The van der Waals surface area contributed by atoms with E-state index in [9.17, 15) is 0 Å². The standard InChI is InChI=1S/C19H25N5/c1-16-20-18(23-9-5-6-10-23)15-19(21-16)24-13-11-22(12-14-24)17-7-3-2-4-8-17/h2-4,7-8,15H,5-6,9-14H2,1H3. The van der Waals surface area contributed by atoms with Crippen LogP contribution in [0.2, 0.25) is 0 Å². The summed E-state index contributed by atoms with van der Waals surface area (Å²) in [4.78, 5) is 16.6. The van der Waals surface area contributed by atoms with Crippen LogP contribution in [0.5, 0.6) is 0 Å². The maximum absolute atomic E-state index is 4.70. The normalized spacial score (nSPS) is 18.3. The molecule has 0 radical (unpaired) electrons. The first-order valence-electron chi connectivity index (χ1n) is 8.95. The van der Waals surface area contributed by atoms with Crippen LogP contribution in [-0.4, -0.2) is 49.2 Å². The molecule has 2 aromatic rings. The topological polar surface area (TPSA) is 35.5 Å². The second kappa shape index (κ2) is 6.67. The third kappa shape index (κ3) is 3.16. The van der Waals surface area contributed by atoms with Gasteiger partial charge in [-0.25, -0.2) is 9.97 Å². The Hall–Kier alpha value is -2.30. The van der Waals surface area contributed by atoms with Gasteiger partial charge in [-0.05, 0) is 31.9 Å². The molecular formula is C19H25N5. The summed E-state index contributed by atoms with van der Waals surface area (Å²) < 4.78 is 0. The Morgan fingerprint density at radius 3 is 1.88 bits per heavy atom. The van der Waals surface area contributed by atoms with Crippen molar-refractivity contribution in [2.75, 3.05) is 54.0 Å². The molecule has 126 valence electrons. The van der Waals surface area contributed by atoms with Crippen molar-refractivity contribution in [3.8, 4) is 0 Å². The van der Waals surface area contributed by atoms with Gasteiger partial charge in [0.25, 0.3) is 0 Å². The third-order valence-corrected chi connectivity index (χ3v) is 4.97.